The van der Waals surface area contributed by atoms with Gasteiger partial charge in [0.15, 0.2) is 0 Å². The summed E-state index contributed by atoms with van der Waals surface area (Å²) in [6.07, 6.45) is 0.648. The molecule has 0 atom stereocenters. The van der Waals surface area contributed by atoms with Crippen molar-refractivity contribution in [2.45, 2.75) is 6.54 Å². The quantitative estimate of drug-likeness (QED) is 0.339. The Bertz CT molecular complexity index is 262. The van der Waals surface area contributed by atoms with Crippen molar-refractivity contribution >= 4 is 12.1 Å². The van der Waals surface area contributed by atoms with E-state index in [4.69, 9.17) is 5.84 Å². The normalized spacial score (nSPS) is 9.42. The maximum Gasteiger partial charge on any atom is 0.211 e. The maximum atomic E-state index is 10.1. The van der Waals surface area contributed by atoms with Gasteiger partial charge in [0.2, 0.25) is 6.41 Å². The molecule has 0 aromatic heterocycles. The highest BCUT2D eigenvalue weighted by Crippen LogP contribution is 2.08. The number of nitrogens with two attached hydrogens (primary N) is 1. The minimum atomic E-state index is 0.592. The maximum absolute atomic E-state index is 10.1. The second kappa shape index (κ2) is 4.48. The van der Waals surface area contributed by atoms with Crippen LogP contribution in [0.4, 0.5) is 5.69 Å². The third-order valence-corrected chi connectivity index (χ3v) is 1.46. The number of hydrogen-bond donors (Lipinski definition) is 3. The summed E-state index contributed by atoms with van der Waals surface area (Å²) in [5, 5.41) is 2.56. The van der Waals surface area contributed by atoms with Crippen LogP contribution in [0.3, 0.4) is 0 Å². The van der Waals surface area contributed by atoms with Gasteiger partial charge in [-0.05, 0) is 17.7 Å². The van der Waals surface area contributed by atoms with E-state index in [1.54, 1.807) is 0 Å². The summed E-state index contributed by atoms with van der Waals surface area (Å²) in [6, 6.07) is 7.46. The second-order valence-corrected chi connectivity index (χ2v) is 2.34. The van der Waals surface area contributed by atoms with Gasteiger partial charge in [-0.15, -0.1) is 0 Å². The number of rotatable bonds is 4. The monoisotopic (exact) mass is 165 g/mol. The zero-order chi connectivity index (χ0) is 8.81. The molecule has 4 N–H and O–H groups in total. The van der Waals surface area contributed by atoms with Gasteiger partial charge in [-0.1, -0.05) is 12.1 Å². The Balaban J connectivity index is 2.73. The molecule has 0 aliphatic heterocycles. The summed E-state index contributed by atoms with van der Waals surface area (Å²) in [4.78, 5) is 10.1. The molecule has 0 aliphatic rings. The largest absolute Gasteiger partial charge is 0.329 e. The van der Waals surface area contributed by atoms with Crippen molar-refractivity contribution in [3.63, 3.8) is 0 Å². The first-order chi connectivity index (χ1) is 5.86. The fourth-order valence-electron chi connectivity index (χ4n) is 0.957. The highest BCUT2D eigenvalue weighted by atomic mass is 16.1. The number of benzene rings is 1. The smallest absolute Gasteiger partial charge is 0.211 e. The molecule has 1 aromatic rings. The first-order valence-corrected chi connectivity index (χ1v) is 3.59. The van der Waals surface area contributed by atoms with Crippen molar-refractivity contribution in [1.29, 1.82) is 0 Å². The average Bonchev–Trinajstić information content (AvgIpc) is 2.06. The Labute approximate surface area is 70.7 Å². The van der Waals surface area contributed by atoms with Crippen molar-refractivity contribution < 1.29 is 4.79 Å². The lowest BCUT2D eigenvalue weighted by Crippen LogP contribution is -2.20. The lowest BCUT2D eigenvalue weighted by molar-refractivity contribution is -0.105. The van der Waals surface area contributed by atoms with Gasteiger partial charge >= 0.3 is 0 Å². The zero-order valence-corrected chi connectivity index (χ0v) is 6.58. The third kappa shape index (κ3) is 2.34. The van der Waals surface area contributed by atoms with Gasteiger partial charge in [0.25, 0.3) is 0 Å². The SMILES string of the molecule is NNCc1cccc(NC=O)c1. The average molecular weight is 165 g/mol. The van der Waals surface area contributed by atoms with E-state index in [0.29, 0.717) is 13.0 Å². The van der Waals surface area contributed by atoms with Crippen molar-refractivity contribution in [3.8, 4) is 0 Å². The molecule has 1 amide bonds. The Morgan fingerprint density at radius 2 is 2.33 bits per heavy atom. The van der Waals surface area contributed by atoms with Crippen LogP contribution in [0.1, 0.15) is 5.56 Å². The van der Waals surface area contributed by atoms with Crippen LogP contribution in [0.2, 0.25) is 0 Å². The van der Waals surface area contributed by atoms with Crippen LogP contribution < -0.4 is 16.6 Å². The number of amides is 1. The van der Waals surface area contributed by atoms with E-state index in [9.17, 15) is 4.79 Å². The molecule has 0 unspecified atom stereocenters. The highest BCUT2D eigenvalue weighted by Gasteiger charge is 1.92. The summed E-state index contributed by atoms with van der Waals surface area (Å²) in [5.74, 6) is 5.14. The van der Waals surface area contributed by atoms with E-state index >= 15 is 0 Å². The molecule has 0 saturated carbocycles. The van der Waals surface area contributed by atoms with Crippen LogP contribution in [-0.4, -0.2) is 6.41 Å². The number of hydrazine groups is 1. The Morgan fingerprint density at radius 3 is 3.00 bits per heavy atom. The predicted molar refractivity (Wildman–Crippen MR) is 47.2 cm³/mol. The zero-order valence-electron chi connectivity index (χ0n) is 6.58. The summed E-state index contributed by atoms with van der Waals surface area (Å²) in [6.45, 7) is 0.592. The molecule has 4 heteroatoms. The first kappa shape index (κ1) is 8.70. The molecule has 0 saturated heterocycles. The van der Waals surface area contributed by atoms with E-state index in [-0.39, 0.29) is 0 Å². The topological polar surface area (TPSA) is 67.2 Å². The van der Waals surface area contributed by atoms with Gasteiger partial charge in [-0.25, -0.2) is 0 Å². The molecule has 12 heavy (non-hydrogen) atoms. The van der Waals surface area contributed by atoms with Gasteiger partial charge in [-0.3, -0.25) is 16.1 Å². The molecule has 64 valence electrons. The van der Waals surface area contributed by atoms with E-state index in [0.717, 1.165) is 11.3 Å². The molecule has 0 fully saturated rings. The predicted octanol–water partition coefficient (Wildman–Crippen LogP) is 0.218. The first-order valence-electron chi connectivity index (χ1n) is 3.59. The van der Waals surface area contributed by atoms with Gasteiger partial charge in [0.1, 0.15) is 0 Å². The van der Waals surface area contributed by atoms with Crippen molar-refractivity contribution in [3.05, 3.63) is 29.8 Å². The van der Waals surface area contributed by atoms with Crippen molar-refractivity contribution in [2.75, 3.05) is 5.32 Å². The van der Waals surface area contributed by atoms with E-state index in [1.165, 1.54) is 0 Å². The van der Waals surface area contributed by atoms with Gasteiger partial charge < -0.3 is 5.32 Å². The van der Waals surface area contributed by atoms with Crippen LogP contribution in [0, 0.1) is 0 Å². The lowest BCUT2D eigenvalue weighted by Gasteiger charge is -2.02. The number of carbonyl (C=O) groups is 1. The van der Waals surface area contributed by atoms with Crippen LogP contribution >= 0.6 is 0 Å². The molecular weight excluding hydrogens is 154 g/mol. The van der Waals surface area contributed by atoms with Crippen LogP contribution in [0.15, 0.2) is 24.3 Å². The van der Waals surface area contributed by atoms with E-state index in [1.807, 2.05) is 24.3 Å². The second-order valence-electron chi connectivity index (χ2n) is 2.34. The fourth-order valence-corrected chi connectivity index (χ4v) is 0.957. The third-order valence-electron chi connectivity index (χ3n) is 1.46. The standard InChI is InChI=1S/C8H11N3O/c9-11-5-7-2-1-3-8(4-7)10-6-12/h1-4,6,11H,5,9H2,(H,10,12). The highest BCUT2D eigenvalue weighted by molar-refractivity contribution is 5.71. The van der Waals surface area contributed by atoms with Crippen LogP contribution in [0.25, 0.3) is 0 Å². The minimum absolute atomic E-state index is 0.592. The number of anilines is 1. The lowest BCUT2D eigenvalue weighted by atomic mass is 10.2. The Hall–Kier alpha value is -1.39. The van der Waals surface area contributed by atoms with E-state index < -0.39 is 0 Å². The number of hydrogen-bond acceptors (Lipinski definition) is 3. The summed E-state index contributed by atoms with van der Waals surface area (Å²) < 4.78 is 0. The summed E-state index contributed by atoms with van der Waals surface area (Å²) in [5.41, 5.74) is 4.34. The fraction of sp³-hybridized carbons (Fsp3) is 0.125. The van der Waals surface area contributed by atoms with Crippen LogP contribution in [0.5, 0.6) is 0 Å². The van der Waals surface area contributed by atoms with Crippen molar-refractivity contribution in [2.24, 2.45) is 5.84 Å². The van der Waals surface area contributed by atoms with Gasteiger partial charge in [0, 0.05) is 12.2 Å². The molecule has 0 radical (unpaired) electrons. The van der Waals surface area contributed by atoms with E-state index in [2.05, 4.69) is 10.7 Å². The molecule has 0 aliphatic carbocycles. The van der Waals surface area contributed by atoms with Gasteiger partial charge in [0.05, 0.1) is 0 Å². The number of carbonyl (C=O) groups excluding carboxylic acids is 1. The Kier molecular flexibility index (Phi) is 3.25. The molecule has 4 nitrogen and oxygen atoms in total. The van der Waals surface area contributed by atoms with Crippen molar-refractivity contribution in [1.82, 2.24) is 5.43 Å². The summed E-state index contributed by atoms with van der Waals surface area (Å²) >= 11 is 0. The number of nitrogens with one attached hydrogen (secondary N) is 2. The Morgan fingerprint density at radius 1 is 1.50 bits per heavy atom. The summed E-state index contributed by atoms with van der Waals surface area (Å²) in [7, 11) is 0. The van der Waals surface area contributed by atoms with Crippen LogP contribution in [-0.2, 0) is 11.3 Å². The molecule has 1 rings (SSSR count). The minimum Gasteiger partial charge on any atom is -0.329 e. The molecule has 1 aromatic carbocycles. The molecular formula is C8H11N3O. The van der Waals surface area contributed by atoms with Gasteiger partial charge in [-0.2, -0.15) is 0 Å². The molecule has 0 heterocycles. The molecule has 0 spiro atoms. The molecule has 0 bridgehead atoms.